The van der Waals surface area contributed by atoms with Crippen LogP contribution < -0.4 is 4.72 Å². The van der Waals surface area contributed by atoms with Gasteiger partial charge in [0.2, 0.25) is 10.0 Å². The Kier molecular flexibility index (Phi) is 8.81. The largest absolute Gasteiger partial charge is 0.464 e. The number of aromatic nitrogens is 1. The van der Waals surface area contributed by atoms with Gasteiger partial charge in [-0.15, -0.1) is 0 Å². The number of benzene rings is 1. The van der Waals surface area contributed by atoms with Crippen molar-refractivity contribution in [2.75, 3.05) is 13.2 Å². The molecule has 198 valence electrons. The average molecular weight is 602 g/mol. The van der Waals surface area contributed by atoms with Crippen LogP contribution in [0.2, 0.25) is 0 Å². The van der Waals surface area contributed by atoms with Crippen LogP contribution in [0.1, 0.15) is 26.5 Å². The first-order valence-electron chi connectivity index (χ1n) is 9.96. The number of rotatable bonds is 10. The lowest BCUT2D eigenvalue weighted by Crippen LogP contribution is -2.57. The van der Waals surface area contributed by atoms with E-state index in [9.17, 15) is 40.9 Å². The average Bonchev–Trinajstić information content (AvgIpc) is 2.78. The Balaban J connectivity index is 2.65. The van der Waals surface area contributed by atoms with E-state index >= 15 is 0 Å². The van der Waals surface area contributed by atoms with E-state index in [1.165, 1.54) is 19.1 Å². The van der Waals surface area contributed by atoms with Crippen molar-refractivity contribution in [2.45, 2.75) is 43.0 Å². The number of pyridine rings is 1. The molecule has 16 heteroatoms. The first kappa shape index (κ1) is 29.5. The monoisotopic (exact) mass is 601 g/mol. The van der Waals surface area contributed by atoms with Crippen molar-refractivity contribution >= 4 is 37.6 Å². The summed E-state index contributed by atoms with van der Waals surface area (Å²) in [7, 11) is -4.90. The molecule has 2 atom stereocenters. The van der Waals surface area contributed by atoms with Crippen LogP contribution in [0, 0.1) is 15.9 Å². The summed E-state index contributed by atoms with van der Waals surface area (Å²) in [6, 6.07) is 6.15. The fraction of sp³-hybridized carbons (Fsp3) is 0.400. The lowest BCUT2D eigenvalue weighted by atomic mass is 9.98. The number of para-hydroxylation sites is 1. The highest BCUT2D eigenvalue weighted by molar-refractivity contribution is 9.10. The van der Waals surface area contributed by atoms with Gasteiger partial charge in [0.05, 0.1) is 23.7 Å². The van der Waals surface area contributed by atoms with Crippen LogP contribution >= 0.6 is 15.9 Å². The highest BCUT2D eigenvalue weighted by Gasteiger charge is 2.60. The molecule has 0 bridgehead atoms. The van der Waals surface area contributed by atoms with E-state index in [1.54, 1.807) is 0 Å². The zero-order chi connectivity index (χ0) is 27.5. The Labute approximate surface area is 211 Å². The molecule has 1 N–H and O–H groups in total. The third kappa shape index (κ3) is 6.16. The molecule has 36 heavy (non-hydrogen) atoms. The second-order valence-electron chi connectivity index (χ2n) is 7.67. The van der Waals surface area contributed by atoms with Crippen molar-refractivity contribution < 1.29 is 45.2 Å². The maximum absolute atomic E-state index is 14.8. The molecule has 1 aromatic carbocycles. The molecule has 1 aromatic heterocycles. The van der Waals surface area contributed by atoms with Crippen LogP contribution in [0.5, 0.6) is 0 Å². The third-order valence-corrected chi connectivity index (χ3v) is 6.99. The molecule has 10 nitrogen and oxygen atoms in total. The molecule has 0 saturated heterocycles. The quantitative estimate of drug-likeness (QED) is 0.142. The van der Waals surface area contributed by atoms with Crippen molar-refractivity contribution in [1.29, 1.82) is 0 Å². The van der Waals surface area contributed by atoms with E-state index in [1.807, 2.05) is 4.72 Å². The highest BCUT2D eigenvalue weighted by atomic mass is 79.9. The fourth-order valence-electron chi connectivity index (χ4n) is 2.95. The number of carbonyl (C=O) groups is 1. The summed E-state index contributed by atoms with van der Waals surface area (Å²) in [6.45, 7) is 0.867. The summed E-state index contributed by atoms with van der Waals surface area (Å²) >= 11 is 2.97. The number of sulfonamides is 1. The van der Waals surface area contributed by atoms with Gasteiger partial charge in [-0.25, -0.2) is 22.6 Å². The molecule has 0 aliphatic rings. The molecule has 0 aliphatic heterocycles. The first-order valence-corrected chi connectivity index (χ1v) is 12.2. The Morgan fingerprint density at radius 1 is 1.19 bits per heavy atom. The maximum atomic E-state index is 14.8. The van der Waals surface area contributed by atoms with Crippen LogP contribution in [-0.2, 0) is 29.8 Å². The van der Waals surface area contributed by atoms with Gasteiger partial charge in [0.1, 0.15) is 16.1 Å². The number of hydrogen-bond acceptors (Lipinski definition) is 8. The second-order valence-corrected chi connectivity index (χ2v) is 10.1. The summed E-state index contributed by atoms with van der Waals surface area (Å²) in [6.07, 6.45) is -5.32. The number of nitro benzene ring substituents is 1. The topological polar surface area (TPSA) is 138 Å². The van der Waals surface area contributed by atoms with E-state index in [-0.39, 0.29) is 4.60 Å². The van der Waals surface area contributed by atoms with Gasteiger partial charge >= 0.3 is 12.1 Å². The van der Waals surface area contributed by atoms with Crippen molar-refractivity contribution in [3.8, 4) is 0 Å². The van der Waals surface area contributed by atoms with Gasteiger partial charge < -0.3 is 9.47 Å². The zero-order valence-corrected chi connectivity index (χ0v) is 21.3. The van der Waals surface area contributed by atoms with E-state index in [0.29, 0.717) is 6.92 Å². The minimum Gasteiger partial charge on any atom is -0.464 e. The van der Waals surface area contributed by atoms with Crippen molar-refractivity contribution in [3.63, 3.8) is 0 Å². The summed E-state index contributed by atoms with van der Waals surface area (Å²) < 4.78 is 93.8. The van der Waals surface area contributed by atoms with Crippen LogP contribution in [0.25, 0.3) is 0 Å². The highest BCUT2D eigenvalue weighted by Crippen LogP contribution is 2.37. The molecule has 0 fully saturated rings. The lowest BCUT2D eigenvalue weighted by Gasteiger charge is -2.35. The van der Waals surface area contributed by atoms with Gasteiger partial charge in [0.15, 0.2) is 4.90 Å². The number of nitrogens with one attached hydrogen (secondary N) is 1. The Hall–Kier alpha value is -2.69. The molecule has 2 aromatic rings. The normalized spacial score (nSPS) is 15.6. The minimum absolute atomic E-state index is 0.0148. The van der Waals surface area contributed by atoms with Crippen LogP contribution in [0.15, 0.2) is 45.9 Å². The number of alkyl halides is 3. The standard InChI is InChI=1S/C20H20BrF4N3O7S/c1-4-34-17(29)19(3,20(23,24)25)35-11-18(2,16-12(22)9-10-15(21)26-16)27-36(32,33)14-8-6-5-7-13(14)28(30)31/h5-10,27H,4,11H2,1-3H3. The molecule has 0 saturated carbocycles. The number of esters is 1. The molecule has 0 spiro atoms. The number of hydrogen-bond donors (Lipinski definition) is 1. The maximum Gasteiger partial charge on any atom is 0.428 e. The van der Waals surface area contributed by atoms with Gasteiger partial charge in [-0.1, -0.05) is 12.1 Å². The summed E-state index contributed by atoms with van der Waals surface area (Å²) in [4.78, 5) is 25.5. The van der Waals surface area contributed by atoms with E-state index in [4.69, 9.17) is 4.74 Å². The van der Waals surface area contributed by atoms with Gasteiger partial charge in [-0.3, -0.25) is 10.1 Å². The van der Waals surface area contributed by atoms with Crippen LogP contribution in [0.4, 0.5) is 23.2 Å². The third-order valence-electron chi connectivity index (χ3n) is 4.90. The zero-order valence-electron chi connectivity index (χ0n) is 18.9. The fourth-order valence-corrected chi connectivity index (χ4v) is 4.80. The Morgan fingerprint density at radius 3 is 2.36 bits per heavy atom. The Bertz CT molecular complexity index is 1260. The SMILES string of the molecule is CCOC(=O)C(C)(OCC(C)(NS(=O)(=O)c1ccccc1[N+](=O)[O-])c1nc(Br)ccc1F)C(F)(F)F. The van der Waals surface area contributed by atoms with Crippen molar-refractivity contribution in [1.82, 2.24) is 9.71 Å². The predicted octanol–water partition coefficient (Wildman–Crippen LogP) is 3.99. The smallest absolute Gasteiger partial charge is 0.428 e. The number of nitro groups is 1. The number of halogens is 5. The molecular formula is C20H20BrF4N3O7S. The van der Waals surface area contributed by atoms with Crippen LogP contribution in [0.3, 0.4) is 0 Å². The van der Waals surface area contributed by atoms with Gasteiger partial charge in [-0.2, -0.15) is 17.9 Å². The Morgan fingerprint density at radius 2 is 1.81 bits per heavy atom. The molecule has 0 aliphatic carbocycles. The van der Waals surface area contributed by atoms with E-state index in [0.717, 1.165) is 31.2 Å². The molecule has 2 rings (SSSR count). The first-order chi connectivity index (χ1) is 16.5. The van der Waals surface area contributed by atoms with Crippen LogP contribution in [-0.4, -0.2) is 49.3 Å². The van der Waals surface area contributed by atoms with E-state index < -0.39 is 73.5 Å². The van der Waals surface area contributed by atoms with Gasteiger partial charge in [0, 0.05) is 6.07 Å². The van der Waals surface area contributed by atoms with Crippen molar-refractivity contribution in [2.24, 2.45) is 0 Å². The summed E-state index contributed by atoms with van der Waals surface area (Å²) in [5, 5.41) is 11.3. The summed E-state index contributed by atoms with van der Waals surface area (Å²) in [5.41, 5.74) is -7.54. The lowest BCUT2D eigenvalue weighted by molar-refractivity contribution is -0.387. The summed E-state index contributed by atoms with van der Waals surface area (Å²) in [5.74, 6) is -2.96. The van der Waals surface area contributed by atoms with E-state index in [2.05, 4.69) is 25.7 Å². The minimum atomic E-state index is -5.32. The molecule has 0 radical (unpaired) electrons. The molecular weight excluding hydrogens is 582 g/mol. The molecule has 2 unspecified atom stereocenters. The molecule has 0 amide bonds. The molecule has 1 heterocycles. The second kappa shape index (κ2) is 10.7. The van der Waals surface area contributed by atoms with Gasteiger partial charge in [0.25, 0.3) is 11.3 Å². The predicted molar refractivity (Wildman–Crippen MR) is 120 cm³/mol. The van der Waals surface area contributed by atoms with Gasteiger partial charge in [-0.05, 0) is 54.9 Å². The number of carbonyl (C=O) groups excluding carboxylic acids is 1. The van der Waals surface area contributed by atoms with Crippen molar-refractivity contribution in [3.05, 3.63) is 62.6 Å². The number of ether oxygens (including phenoxy) is 2. The number of nitrogens with zero attached hydrogens (tertiary/aromatic N) is 2.